The number of anilines is 1. The lowest BCUT2D eigenvalue weighted by Gasteiger charge is -2.17. The molecule has 0 aliphatic rings. The van der Waals surface area contributed by atoms with E-state index in [1.54, 1.807) is 12.1 Å². The van der Waals surface area contributed by atoms with Gasteiger partial charge in [-0.3, -0.25) is 0 Å². The molecule has 0 bridgehead atoms. The molecule has 0 spiro atoms. The third-order valence-corrected chi connectivity index (χ3v) is 3.25. The number of hydrogen-bond acceptors (Lipinski definition) is 4. The minimum Gasteiger partial charge on any atom is -0.478 e. The Hall–Kier alpha value is -1.34. The van der Waals surface area contributed by atoms with Crippen LogP contribution < -0.4 is 5.32 Å². The number of hydrogen-bond donors (Lipinski definition) is 3. The van der Waals surface area contributed by atoms with Crippen molar-refractivity contribution in [1.82, 2.24) is 0 Å². The van der Waals surface area contributed by atoms with Crippen LogP contribution in [0, 0.1) is 0 Å². The van der Waals surface area contributed by atoms with Crippen molar-refractivity contribution < 1.29 is 23.8 Å². The highest BCUT2D eigenvalue weighted by atomic mass is 32.2. The van der Waals surface area contributed by atoms with E-state index in [2.05, 4.69) is 5.32 Å². The highest BCUT2D eigenvalue weighted by Crippen LogP contribution is 2.29. The molecule has 1 aromatic carbocycles. The normalized spacial score (nSPS) is 11.4. The summed E-state index contributed by atoms with van der Waals surface area (Å²) in [5.41, 5.74) is 0.0992. The van der Waals surface area contributed by atoms with Crippen LogP contribution in [-0.4, -0.2) is 41.0 Å². The second kappa shape index (κ2) is 6.72. The summed E-state index contributed by atoms with van der Waals surface area (Å²) in [5.74, 6) is -3.79. The van der Waals surface area contributed by atoms with Crippen molar-refractivity contribution in [1.29, 1.82) is 0 Å². The van der Waals surface area contributed by atoms with Crippen LogP contribution in [0.15, 0.2) is 23.1 Å². The molecule has 0 radical (unpaired) electrons. The van der Waals surface area contributed by atoms with Crippen LogP contribution in [0.1, 0.15) is 17.3 Å². The third-order valence-electron chi connectivity index (χ3n) is 2.31. The maximum Gasteiger partial charge on any atom is 0.338 e. The molecule has 0 aliphatic heterocycles. The second-order valence-corrected chi connectivity index (χ2v) is 5.09. The monoisotopic (exact) mass is 291 g/mol. The Balaban J connectivity index is 3.00. The predicted molar refractivity (Wildman–Crippen MR) is 70.3 cm³/mol. The fourth-order valence-electron chi connectivity index (χ4n) is 1.46. The molecule has 106 valence electrons. The average Bonchev–Trinajstić information content (AvgIpc) is 2.36. The standard InChI is InChI=1S/C12H15F2NO3S/c1-2-19-9-5-3-4-8(10(9)11(17)18)15-6-12(13,14)7-16/h3-5,15-16H,2,6-7H2,1H3,(H,17,18). The number of aliphatic hydroxyl groups excluding tert-OH is 1. The van der Waals surface area contributed by atoms with Crippen molar-refractivity contribution >= 4 is 23.4 Å². The number of halogens is 2. The Kier molecular flexibility index (Phi) is 5.56. The fourth-order valence-corrected chi connectivity index (χ4v) is 2.28. The van der Waals surface area contributed by atoms with Gasteiger partial charge >= 0.3 is 5.97 Å². The number of alkyl halides is 2. The van der Waals surface area contributed by atoms with E-state index in [1.807, 2.05) is 6.92 Å². The number of thioether (sulfide) groups is 1. The first-order valence-electron chi connectivity index (χ1n) is 5.63. The molecular weight excluding hydrogens is 276 g/mol. The average molecular weight is 291 g/mol. The third kappa shape index (κ3) is 4.36. The number of carbonyl (C=O) groups is 1. The van der Waals surface area contributed by atoms with Crippen LogP contribution in [0.5, 0.6) is 0 Å². The van der Waals surface area contributed by atoms with E-state index < -0.39 is 25.0 Å². The van der Waals surface area contributed by atoms with E-state index in [4.69, 9.17) is 10.2 Å². The molecule has 0 fully saturated rings. The van der Waals surface area contributed by atoms with E-state index in [-0.39, 0.29) is 11.3 Å². The van der Waals surface area contributed by atoms with Crippen LogP contribution in [0.2, 0.25) is 0 Å². The number of rotatable bonds is 7. The lowest BCUT2D eigenvalue weighted by Crippen LogP contribution is -2.31. The topological polar surface area (TPSA) is 69.6 Å². The number of benzene rings is 1. The smallest absolute Gasteiger partial charge is 0.338 e. The fraction of sp³-hybridized carbons (Fsp3) is 0.417. The van der Waals surface area contributed by atoms with Gasteiger partial charge in [0.1, 0.15) is 6.61 Å². The molecule has 3 N–H and O–H groups in total. The van der Waals surface area contributed by atoms with E-state index in [0.717, 1.165) is 0 Å². The highest BCUT2D eigenvalue weighted by molar-refractivity contribution is 7.99. The molecule has 4 nitrogen and oxygen atoms in total. The van der Waals surface area contributed by atoms with Crippen molar-refractivity contribution in [3.8, 4) is 0 Å². The maximum absolute atomic E-state index is 13.0. The summed E-state index contributed by atoms with van der Waals surface area (Å²) in [5, 5.41) is 20.0. The van der Waals surface area contributed by atoms with Crippen LogP contribution in [0.3, 0.4) is 0 Å². The first kappa shape index (κ1) is 15.7. The number of carboxylic acids is 1. The number of aliphatic hydroxyl groups is 1. The zero-order valence-corrected chi connectivity index (χ0v) is 11.1. The molecule has 0 unspecified atom stereocenters. The Morgan fingerprint density at radius 2 is 2.16 bits per heavy atom. The summed E-state index contributed by atoms with van der Waals surface area (Å²) in [6.45, 7) is -0.230. The van der Waals surface area contributed by atoms with Gasteiger partial charge in [0.15, 0.2) is 0 Å². The molecule has 0 atom stereocenters. The second-order valence-electron chi connectivity index (χ2n) is 3.78. The Morgan fingerprint density at radius 3 is 2.68 bits per heavy atom. The van der Waals surface area contributed by atoms with Gasteiger partial charge in [0.2, 0.25) is 0 Å². The molecule has 0 aromatic heterocycles. The van der Waals surface area contributed by atoms with E-state index in [9.17, 15) is 13.6 Å². The Labute approximate surface area is 113 Å². The van der Waals surface area contributed by atoms with Crippen LogP contribution in [-0.2, 0) is 0 Å². The lowest BCUT2D eigenvalue weighted by molar-refractivity contribution is -0.0373. The molecule has 0 heterocycles. The molecule has 19 heavy (non-hydrogen) atoms. The van der Waals surface area contributed by atoms with E-state index in [0.29, 0.717) is 10.6 Å². The minimum absolute atomic E-state index is 0.0249. The molecule has 0 saturated carbocycles. The van der Waals surface area contributed by atoms with E-state index in [1.165, 1.54) is 17.8 Å². The van der Waals surface area contributed by atoms with Crippen molar-refractivity contribution in [2.45, 2.75) is 17.7 Å². The quantitative estimate of drug-likeness (QED) is 0.674. The van der Waals surface area contributed by atoms with Crippen molar-refractivity contribution in [2.24, 2.45) is 0 Å². The van der Waals surface area contributed by atoms with Gasteiger partial charge in [-0.15, -0.1) is 11.8 Å². The number of carboxylic acid groups (broad SMARTS) is 1. The van der Waals surface area contributed by atoms with Crippen LogP contribution in [0.25, 0.3) is 0 Å². The summed E-state index contributed by atoms with van der Waals surface area (Å²) in [6, 6.07) is 4.66. The zero-order valence-electron chi connectivity index (χ0n) is 10.3. The van der Waals surface area contributed by atoms with Crippen LogP contribution in [0.4, 0.5) is 14.5 Å². The van der Waals surface area contributed by atoms with Crippen LogP contribution >= 0.6 is 11.8 Å². The largest absolute Gasteiger partial charge is 0.478 e. The Bertz CT molecular complexity index is 455. The molecule has 0 amide bonds. The highest BCUT2D eigenvalue weighted by Gasteiger charge is 2.28. The first-order chi connectivity index (χ1) is 8.91. The molecular formula is C12H15F2NO3S. The summed E-state index contributed by atoms with van der Waals surface area (Å²) in [6.07, 6.45) is 0. The maximum atomic E-state index is 13.0. The van der Waals surface area contributed by atoms with Gasteiger partial charge in [0.05, 0.1) is 17.8 Å². The van der Waals surface area contributed by atoms with Gasteiger partial charge in [-0.05, 0) is 17.9 Å². The van der Waals surface area contributed by atoms with Crippen molar-refractivity contribution in [2.75, 3.05) is 24.2 Å². The zero-order chi connectivity index (χ0) is 14.5. The number of aromatic carboxylic acids is 1. The van der Waals surface area contributed by atoms with Crippen molar-refractivity contribution in [3.05, 3.63) is 23.8 Å². The predicted octanol–water partition coefficient (Wildman–Crippen LogP) is 2.54. The lowest BCUT2D eigenvalue weighted by atomic mass is 10.1. The van der Waals surface area contributed by atoms with Gasteiger partial charge < -0.3 is 15.5 Å². The molecule has 1 rings (SSSR count). The van der Waals surface area contributed by atoms with Gasteiger partial charge in [0.25, 0.3) is 5.92 Å². The summed E-state index contributed by atoms with van der Waals surface area (Å²) >= 11 is 1.33. The molecule has 1 aromatic rings. The van der Waals surface area contributed by atoms with Gasteiger partial charge in [-0.25, -0.2) is 13.6 Å². The first-order valence-corrected chi connectivity index (χ1v) is 6.61. The molecule has 0 aliphatic carbocycles. The SMILES string of the molecule is CCSc1cccc(NCC(F)(F)CO)c1C(=O)O. The minimum atomic E-state index is -3.29. The molecule has 7 heteroatoms. The van der Waals surface area contributed by atoms with Gasteiger partial charge in [-0.1, -0.05) is 13.0 Å². The van der Waals surface area contributed by atoms with Gasteiger partial charge in [-0.2, -0.15) is 0 Å². The Morgan fingerprint density at radius 1 is 1.47 bits per heavy atom. The van der Waals surface area contributed by atoms with E-state index >= 15 is 0 Å². The van der Waals surface area contributed by atoms with Crippen molar-refractivity contribution in [3.63, 3.8) is 0 Å². The number of nitrogens with one attached hydrogen (secondary N) is 1. The summed E-state index contributed by atoms with van der Waals surface area (Å²) < 4.78 is 25.9. The molecule has 0 saturated heterocycles. The van der Waals surface area contributed by atoms with Gasteiger partial charge in [0, 0.05) is 4.90 Å². The summed E-state index contributed by atoms with van der Waals surface area (Å²) in [4.78, 5) is 11.7. The summed E-state index contributed by atoms with van der Waals surface area (Å²) in [7, 11) is 0.